The molecule has 0 unspecified atom stereocenters. The number of carbonyl (C=O) groups is 1. The minimum atomic E-state index is -2.82. The van der Waals surface area contributed by atoms with E-state index < -0.39 is 18.3 Å². The van der Waals surface area contributed by atoms with Crippen molar-refractivity contribution < 1.29 is 18.0 Å². The van der Waals surface area contributed by atoms with Crippen LogP contribution in [0.15, 0.2) is 36.5 Å². The smallest absolute Gasteiger partial charge is 0.321 e. The molecular formula is C23H26F3N5O. The number of nitrogens with zero attached hydrogens (tertiary/aromatic N) is 3. The summed E-state index contributed by atoms with van der Waals surface area (Å²) < 4.78 is 42.5. The number of benzene rings is 1. The summed E-state index contributed by atoms with van der Waals surface area (Å²) in [5.41, 5.74) is 1.27. The van der Waals surface area contributed by atoms with Gasteiger partial charge in [0.25, 0.3) is 5.92 Å². The van der Waals surface area contributed by atoms with Crippen molar-refractivity contribution in [3.63, 3.8) is 0 Å². The second-order valence-electron chi connectivity index (χ2n) is 9.09. The Morgan fingerprint density at radius 1 is 1.03 bits per heavy atom. The van der Waals surface area contributed by atoms with E-state index in [0.717, 1.165) is 25.9 Å². The first kappa shape index (κ1) is 21.1. The van der Waals surface area contributed by atoms with Gasteiger partial charge >= 0.3 is 6.03 Å². The lowest BCUT2D eigenvalue weighted by molar-refractivity contribution is 0.0257. The van der Waals surface area contributed by atoms with Crippen molar-refractivity contribution in [2.24, 2.45) is 5.41 Å². The van der Waals surface area contributed by atoms with E-state index in [0.29, 0.717) is 18.7 Å². The molecule has 6 nitrogen and oxygen atoms in total. The molecule has 4 heterocycles. The van der Waals surface area contributed by atoms with Gasteiger partial charge in [-0.2, -0.15) is 0 Å². The van der Waals surface area contributed by atoms with Gasteiger partial charge in [-0.3, -0.25) is 0 Å². The van der Waals surface area contributed by atoms with Crippen LogP contribution in [-0.4, -0.2) is 61.1 Å². The molecule has 3 saturated heterocycles. The molecule has 3 aliphatic rings. The molecule has 2 aromatic rings. The van der Waals surface area contributed by atoms with Crippen LogP contribution in [0, 0.1) is 11.2 Å². The van der Waals surface area contributed by atoms with Gasteiger partial charge in [0.15, 0.2) is 5.82 Å². The summed E-state index contributed by atoms with van der Waals surface area (Å²) in [5.74, 6) is -3.04. The highest BCUT2D eigenvalue weighted by atomic mass is 19.3. The fourth-order valence-electron chi connectivity index (χ4n) is 4.84. The number of aromatic nitrogens is 1. The zero-order valence-corrected chi connectivity index (χ0v) is 17.7. The lowest BCUT2D eigenvalue weighted by Crippen LogP contribution is -2.59. The third kappa shape index (κ3) is 3.90. The number of amides is 2. The number of pyridine rings is 1. The summed E-state index contributed by atoms with van der Waals surface area (Å²) in [6.45, 7) is 2.84. The number of carbonyl (C=O) groups excluding carboxylic acids is 1. The molecule has 0 aliphatic carbocycles. The van der Waals surface area contributed by atoms with Crippen molar-refractivity contribution in [2.75, 3.05) is 49.5 Å². The average Bonchev–Trinajstić information content (AvgIpc) is 3.13. The van der Waals surface area contributed by atoms with Gasteiger partial charge < -0.3 is 20.4 Å². The number of halogens is 3. The zero-order chi connectivity index (χ0) is 22.3. The fraction of sp³-hybridized carbons (Fsp3) is 0.478. The molecule has 32 heavy (non-hydrogen) atoms. The second kappa shape index (κ2) is 7.95. The van der Waals surface area contributed by atoms with E-state index in [1.807, 2.05) is 0 Å². The van der Waals surface area contributed by atoms with Crippen LogP contribution in [0.5, 0.6) is 0 Å². The van der Waals surface area contributed by atoms with Gasteiger partial charge in [-0.15, -0.1) is 0 Å². The largest absolute Gasteiger partial charge is 0.349 e. The van der Waals surface area contributed by atoms with E-state index in [4.69, 9.17) is 0 Å². The number of piperidine rings is 1. The Hall–Kier alpha value is -2.81. The van der Waals surface area contributed by atoms with Gasteiger partial charge in [0.2, 0.25) is 0 Å². The summed E-state index contributed by atoms with van der Waals surface area (Å²) in [6, 6.07) is 7.52. The van der Waals surface area contributed by atoms with Gasteiger partial charge in [0.05, 0.1) is 12.2 Å². The average molecular weight is 445 g/mol. The molecule has 2 amide bonds. The van der Waals surface area contributed by atoms with Crippen molar-refractivity contribution in [3.05, 3.63) is 42.3 Å². The van der Waals surface area contributed by atoms with Crippen molar-refractivity contribution in [3.8, 4) is 11.1 Å². The summed E-state index contributed by atoms with van der Waals surface area (Å²) >= 11 is 0. The van der Waals surface area contributed by atoms with Crippen LogP contribution in [-0.2, 0) is 0 Å². The third-order valence-electron chi connectivity index (χ3n) is 6.91. The quantitative estimate of drug-likeness (QED) is 0.751. The highest BCUT2D eigenvalue weighted by Crippen LogP contribution is 2.40. The van der Waals surface area contributed by atoms with Crippen LogP contribution >= 0.6 is 0 Å². The van der Waals surface area contributed by atoms with Crippen molar-refractivity contribution >= 4 is 17.5 Å². The molecule has 1 spiro atoms. The number of anilines is 2. The topological polar surface area (TPSA) is 60.5 Å². The van der Waals surface area contributed by atoms with Gasteiger partial charge in [-0.1, -0.05) is 18.2 Å². The molecule has 3 fully saturated rings. The lowest BCUT2D eigenvalue weighted by Gasteiger charge is -2.48. The third-order valence-corrected chi connectivity index (χ3v) is 6.91. The van der Waals surface area contributed by atoms with Crippen LogP contribution in [0.4, 0.5) is 29.5 Å². The van der Waals surface area contributed by atoms with Crippen molar-refractivity contribution in [1.82, 2.24) is 15.2 Å². The van der Waals surface area contributed by atoms with Gasteiger partial charge in [-0.05, 0) is 30.4 Å². The van der Waals surface area contributed by atoms with E-state index >= 15 is 0 Å². The van der Waals surface area contributed by atoms with E-state index in [1.165, 1.54) is 17.2 Å². The molecule has 2 N–H and O–H groups in total. The van der Waals surface area contributed by atoms with Crippen LogP contribution in [0.3, 0.4) is 0 Å². The van der Waals surface area contributed by atoms with Crippen LogP contribution < -0.4 is 15.5 Å². The molecule has 170 valence electrons. The predicted octanol–water partition coefficient (Wildman–Crippen LogP) is 3.95. The first-order valence-electron chi connectivity index (χ1n) is 11.0. The molecule has 1 aromatic heterocycles. The monoisotopic (exact) mass is 445 g/mol. The molecule has 9 heteroatoms. The van der Waals surface area contributed by atoms with Crippen LogP contribution in [0.1, 0.15) is 19.3 Å². The Bertz CT molecular complexity index is 1020. The van der Waals surface area contributed by atoms with E-state index in [-0.39, 0.29) is 41.5 Å². The summed E-state index contributed by atoms with van der Waals surface area (Å²) in [4.78, 5) is 20.7. The summed E-state index contributed by atoms with van der Waals surface area (Å²) in [7, 11) is 0. The maximum atomic E-state index is 14.6. The minimum Gasteiger partial charge on any atom is -0.349 e. The van der Waals surface area contributed by atoms with Crippen molar-refractivity contribution in [1.29, 1.82) is 0 Å². The highest BCUT2D eigenvalue weighted by Gasteiger charge is 2.42. The number of nitrogens with one attached hydrogen (secondary N) is 2. The molecule has 0 saturated carbocycles. The van der Waals surface area contributed by atoms with E-state index in [2.05, 4.69) is 15.6 Å². The Morgan fingerprint density at radius 3 is 2.41 bits per heavy atom. The van der Waals surface area contributed by atoms with Gasteiger partial charge in [0.1, 0.15) is 5.82 Å². The maximum Gasteiger partial charge on any atom is 0.321 e. The number of likely N-dealkylation sites (tertiary alicyclic amines) is 1. The molecule has 0 bridgehead atoms. The first-order valence-corrected chi connectivity index (χ1v) is 11.0. The van der Waals surface area contributed by atoms with Gasteiger partial charge in [-0.25, -0.2) is 22.9 Å². The SMILES string of the molecule is O=C(Nc1c(-c2ccccc2F)ccnc1N1CCC(F)(F)C1)N1CCC2(CC1)CNC2. The minimum absolute atomic E-state index is 0.114. The molecule has 5 rings (SSSR count). The van der Waals surface area contributed by atoms with E-state index in [9.17, 15) is 18.0 Å². The first-order chi connectivity index (χ1) is 15.4. The Balaban J connectivity index is 1.46. The summed E-state index contributed by atoms with van der Waals surface area (Å²) in [6.07, 6.45) is 3.03. The molecule has 3 aliphatic heterocycles. The van der Waals surface area contributed by atoms with Crippen molar-refractivity contribution in [2.45, 2.75) is 25.2 Å². The summed E-state index contributed by atoms with van der Waals surface area (Å²) in [5, 5.41) is 6.20. The molecular weight excluding hydrogens is 419 g/mol. The van der Waals surface area contributed by atoms with Gasteiger partial charge in [0, 0.05) is 56.5 Å². The number of alkyl halides is 2. The molecule has 0 atom stereocenters. The lowest BCUT2D eigenvalue weighted by atomic mass is 9.73. The normalized spacial score (nSPS) is 21.5. The Morgan fingerprint density at radius 2 is 1.78 bits per heavy atom. The van der Waals surface area contributed by atoms with Crippen LogP contribution in [0.25, 0.3) is 11.1 Å². The Labute approximate surface area is 184 Å². The standard InChI is InChI=1S/C23H26F3N5O/c24-18-4-2-1-3-16(18)17-5-9-28-20(31-12-8-23(25,26)15-31)19(17)29-21(32)30-10-6-22(7-11-30)13-27-14-22/h1-5,9,27H,6-8,10-15H2,(H,29,32). The number of urea groups is 1. The predicted molar refractivity (Wildman–Crippen MR) is 117 cm³/mol. The maximum absolute atomic E-state index is 14.6. The molecule has 1 aromatic carbocycles. The fourth-order valence-corrected chi connectivity index (χ4v) is 4.84. The second-order valence-corrected chi connectivity index (χ2v) is 9.09. The zero-order valence-electron chi connectivity index (χ0n) is 17.7. The Kier molecular flexibility index (Phi) is 5.23. The number of hydrogen-bond donors (Lipinski definition) is 2. The van der Waals surface area contributed by atoms with Crippen LogP contribution in [0.2, 0.25) is 0 Å². The van der Waals surface area contributed by atoms with E-state index in [1.54, 1.807) is 29.2 Å². The number of hydrogen-bond acceptors (Lipinski definition) is 4. The highest BCUT2D eigenvalue weighted by molar-refractivity contribution is 5.99. The number of rotatable bonds is 3. The molecule has 0 radical (unpaired) electrons.